The number of nitrogens with one attached hydrogen (secondary N) is 3. The van der Waals surface area contributed by atoms with Crippen molar-refractivity contribution in [3.05, 3.63) is 23.1 Å². The lowest BCUT2D eigenvalue weighted by Crippen LogP contribution is -2.33. The molecule has 0 saturated heterocycles. The average Bonchev–Trinajstić information content (AvgIpc) is 3.16. The van der Waals surface area contributed by atoms with E-state index in [2.05, 4.69) is 36.2 Å². The number of nitrogens with zero attached hydrogens (tertiary/aromatic N) is 5. The first-order chi connectivity index (χ1) is 14.2. The van der Waals surface area contributed by atoms with Gasteiger partial charge in [-0.1, -0.05) is 36.1 Å². The highest BCUT2D eigenvalue weighted by Gasteiger charge is 2.11. The molecular weight excluding hydrogens is 390 g/mol. The SMILES string of the molecule is Nc1cc(Cl)nc(NCc2cn(CCCNCCCNC3CCCCC3)nn2)n1. The van der Waals surface area contributed by atoms with Gasteiger partial charge in [-0.15, -0.1) is 5.10 Å². The van der Waals surface area contributed by atoms with Crippen LogP contribution in [0.2, 0.25) is 5.15 Å². The summed E-state index contributed by atoms with van der Waals surface area (Å²) in [6.07, 6.45) is 11.0. The summed E-state index contributed by atoms with van der Waals surface area (Å²) in [5.74, 6) is 0.708. The van der Waals surface area contributed by atoms with Crippen LogP contribution in [0.3, 0.4) is 0 Å². The van der Waals surface area contributed by atoms with Crippen molar-refractivity contribution in [1.29, 1.82) is 0 Å². The summed E-state index contributed by atoms with van der Waals surface area (Å²) in [4.78, 5) is 8.15. The van der Waals surface area contributed by atoms with Gasteiger partial charge in [0.05, 0.1) is 12.7 Å². The molecule has 2 aromatic rings. The Bertz CT molecular complexity index is 710. The van der Waals surface area contributed by atoms with E-state index in [-0.39, 0.29) is 0 Å². The molecule has 29 heavy (non-hydrogen) atoms. The molecule has 0 amide bonds. The zero-order valence-corrected chi connectivity index (χ0v) is 17.7. The molecular formula is C19H32ClN9. The highest BCUT2D eigenvalue weighted by atomic mass is 35.5. The van der Waals surface area contributed by atoms with Gasteiger partial charge in [0, 0.05) is 18.7 Å². The largest absolute Gasteiger partial charge is 0.383 e. The number of aryl methyl sites for hydroxylation is 1. The summed E-state index contributed by atoms with van der Waals surface area (Å²) >= 11 is 5.87. The van der Waals surface area contributed by atoms with E-state index in [1.54, 1.807) is 0 Å². The highest BCUT2D eigenvalue weighted by Crippen LogP contribution is 2.17. The molecule has 1 aliphatic rings. The molecule has 1 fully saturated rings. The summed E-state index contributed by atoms with van der Waals surface area (Å²) in [7, 11) is 0. The first kappa shape index (κ1) is 21.7. The molecule has 0 aromatic carbocycles. The molecule has 2 aromatic heterocycles. The summed E-state index contributed by atoms with van der Waals surface area (Å²) in [6, 6.07) is 2.26. The van der Waals surface area contributed by atoms with Gasteiger partial charge in [-0.25, -0.2) is 4.98 Å². The first-order valence-corrected chi connectivity index (χ1v) is 10.9. The van der Waals surface area contributed by atoms with E-state index < -0.39 is 0 Å². The molecule has 0 spiro atoms. The molecule has 2 heterocycles. The van der Waals surface area contributed by atoms with Crippen molar-refractivity contribution in [2.45, 2.75) is 64.1 Å². The quantitative estimate of drug-likeness (QED) is 0.304. The van der Waals surface area contributed by atoms with Crippen LogP contribution < -0.4 is 21.7 Å². The third-order valence-electron chi connectivity index (χ3n) is 5.04. The van der Waals surface area contributed by atoms with Gasteiger partial charge in [-0.05, 0) is 45.3 Å². The fourth-order valence-corrected chi connectivity index (χ4v) is 3.72. The predicted octanol–water partition coefficient (Wildman–Crippen LogP) is 2.21. The summed E-state index contributed by atoms with van der Waals surface area (Å²) in [6.45, 7) is 4.44. The number of nitrogens with two attached hydrogens (primary N) is 1. The second-order valence-corrected chi connectivity index (χ2v) is 7.90. The minimum Gasteiger partial charge on any atom is -0.383 e. The standard InChI is InChI=1S/C19H32ClN9/c20-17-12-18(21)26-19(25-17)24-13-16-14-29(28-27-16)11-5-9-22-8-4-10-23-15-6-2-1-3-7-15/h12,14-15,22-23H,1-11,13H2,(H3,21,24,25,26). The molecule has 3 rings (SSSR count). The van der Waals surface area contributed by atoms with Gasteiger partial charge in [-0.2, -0.15) is 4.98 Å². The van der Waals surface area contributed by atoms with Crippen LogP contribution in [0, 0.1) is 0 Å². The van der Waals surface area contributed by atoms with Crippen LogP contribution in [0.25, 0.3) is 0 Å². The van der Waals surface area contributed by atoms with Gasteiger partial charge in [0.2, 0.25) is 5.95 Å². The van der Waals surface area contributed by atoms with Crippen LogP contribution in [0.1, 0.15) is 50.6 Å². The van der Waals surface area contributed by atoms with Crippen molar-refractivity contribution in [3.8, 4) is 0 Å². The van der Waals surface area contributed by atoms with Crippen molar-refractivity contribution in [2.24, 2.45) is 0 Å². The fraction of sp³-hybridized carbons (Fsp3) is 0.684. The molecule has 1 aliphatic carbocycles. The van der Waals surface area contributed by atoms with Crippen LogP contribution in [0.15, 0.2) is 12.3 Å². The lowest BCUT2D eigenvalue weighted by atomic mass is 9.95. The molecule has 5 N–H and O–H groups in total. The number of hydrogen-bond donors (Lipinski definition) is 4. The molecule has 0 bridgehead atoms. The Kier molecular flexibility index (Phi) is 8.91. The smallest absolute Gasteiger partial charge is 0.226 e. The Morgan fingerprint density at radius 3 is 2.76 bits per heavy atom. The lowest BCUT2D eigenvalue weighted by Gasteiger charge is -2.22. The van der Waals surface area contributed by atoms with E-state index in [1.165, 1.54) is 44.6 Å². The second-order valence-electron chi connectivity index (χ2n) is 7.51. The van der Waals surface area contributed by atoms with Crippen molar-refractivity contribution in [2.75, 3.05) is 30.7 Å². The predicted molar refractivity (Wildman–Crippen MR) is 116 cm³/mol. The number of halogens is 1. The van der Waals surface area contributed by atoms with Gasteiger partial charge in [0.25, 0.3) is 0 Å². The fourth-order valence-electron chi connectivity index (χ4n) is 3.53. The molecule has 0 radical (unpaired) electrons. The van der Waals surface area contributed by atoms with Crippen molar-refractivity contribution >= 4 is 23.4 Å². The van der Waals surface area contributed by atoms with Gasteiger partial charge in [-0.3, -0.25) is 4.68 Å². The zero-order chi connectivity index (χ0) is 20.3. The number of hydrogen-bond acceptors (Lipinski definition) is 8. The molecule has 1 saturated carbocycles. The van der Waals surface area contributed by atoms with Gasteiger partial charge in [0.15, 0.2) is 0 Å². The molecule has 0 aliphatic heterocycles. The van der Waals surface area contributed by atoms with Gasteiger partial charge in [0.1, 0.15) is 16.7 Å². The van der Waals surface area contributed by atoms with Gasteiger partial charge < -0.3 is 21.7 Å². The third kappa shape index (κ3) is 8.12. The maximum atomic E-state index is 5.87. The Hall–Kier alpha value is -1.97. The number of anilines is 2. The first-order valence-electron chi connectivity index (χ1n) is 10.6. The average molecular weight is 422 g/mol. The maximum Gasteiger partial charge on any atom is 0.226 e. The monoisotopic (exact) mass is 421 g/mol. The van der Waals surface area contributed by atoms with Gasteiger partial charge >= 0.3 is 0 Å². The van der Waals surface area contributed by atoms with Crippen molar-refractivity contribution in [1.82, 2.24) is 35.6 Å². The van der Waals surface area contributed by atoms with Crippen LogP contribution in [0.4, 0.5) is 11.8 Å². The highest BCUT2D eigenvalue weighted by molar-refractivity contribution is 6.29. The van der Waals surface area contributed by atoms with E-state index in [1.807, 2.05) is 10.9 Å². The Balaban J connectivity index is 1.23. The number of aromatic nitrogens is 5. The van der Waals surface area contributed by atoms with E-state index in [0.717, 1.165) is 44.3 Å². The van der Waals surface area contributed by atoms with Crippen molar-refractivity contribution < 1.29 is 0 Å². The topological polar surface area (TPSA) is 119 Å². The second kappa shape index (κ2) is 11.9. The Labute approximate surface area is 177 Å². The minimum atomic E-state index is 0.306. The maximum absolute atomic E-state index is 5.87. The summed E-state index contributed by atoms with van der Waals surface area (Å²) in [5, 5.41) is 18.9. The van der Waals surface area contributed by atoms with E-state index in [4.69, 9.17) is 17.3 Å². The normalized spacial score (nSPS) is 14.9. The summed E-state index contributed by atoms with van der Waals surface area (Å²) < 4.78 is 1.86. The Morgan fingerprint density at radius 1 is 1.10 bits per heavy atom. The van der Waals surface area contributed by atoms with E-state index >= 15 is 0 Å². The van der Waals surface area contributed by atoms with Crippen LogP contribution in [-0.4, -0.2) is 50.6 Å². The third-order valence-corrected chi connectivity index (χ3v) is 5.23. The van der Waals surface area contributed by atoms with E-state index in [0.29, 0.717) is 23.5 Å². The molecule has 0 unspecified atom stereocenters. The molecule has 10 heteroatoms. The van der Waals surface area contributed by atoms with Crippen LogP contribution in [-0.2, 0) is 13.1 Å². The zero-order valence-electron chi connectivity index (χ0n) is 16.9. The number of nitrogen functional groups attached to an aromatic ring is 1. The number of rotatable bonds is 12. The van der Waals surface area contributed by atoms with Crippen LogP contribution >= 0.6 is 11.6 Å². The van der Waals surface area contributed by atoms with Crippen LogP contribution in [0.5, 0.6) is 0 Å². The Morgan fingerprint density at radius 2 is 1.93 bits per heavy atom. The molecule has 9 nitrogen and oxygen atoms in total. The minimum absolute atomic E-state index is 0.306. The van der Waals surface area contributed by atoms with Crippen molar-refractivity contribution in [3.63, 3.8) is 0 Å². The molecule has 0 atom stereocenters. The van der Waals surface area contributed by atoms with E-state index in [9.17, 15) is 0 Å². The summed E-state index contributed by atoms with van der Waals surface area (Å²) in [5.41, 5.74) is 6.47. The molecule has 160 valence electrons. The lowest BCUT2D eigenvalue weighted by molar-refractivity contribution is 0.371.